The van der Waals surface area contributed by atoms with Gasteiger partial charge in [-0.15, -0.1) is 0 Å². The van der Waals surface area contributed by atoms with Crippen LogP contribution in [-0.4, -0.2) is 18.5 Å². The Bertz CT molecular complexity index is 846. The van der Waals surface area contributed by atoms with Crippen LogP contribution in [0.3, 0.4) is 0 Å². The van der Waals surface area contributed by atoms with Crippen molar-refractivity contribution in [2.75, 3.05) is 11.9 Å². The summed E-state index contributed by atoms with van der Waals surface area (Å²) in [5, 5.41) is 11.4. The third kappa shape index (κ3) is 5.63. The van der Waals surface area contributed by atoms with Gasteiger partial charge in [-0.25, -0.2) is 4.79 Å². The third-order valence-corrected chi connectivity index (χ3v) is 3.46. The van der Waals surface area contributed by atoms with Gasteiger partial charge in [0.15, 0.2) is 6.61 Å². The monoisotopic (exact) mass is 334 g/mol. The van der Waals surface area contributed by atoms with Gasteiger partial charge in [-0.2, -0.15) is 5.26 Å². The van der Waals surface area contributed by atoms with Crippen molar-refractivity contribution in [3.63, 3.8) is 0 Å². The van der Waals surface area contributed by atoms with E-state index in [9.17, 15) is 9.59 Å². The summed E-state index contributed by atoms with van der Waals surface area (Å²) in [5.41, 5.74) is 3.97. The predicted molar refractivity (Wildman–Crippen MR) is 95.7 cm³/mol. The van der Waals surface area contributed by atoms with E-state index < -0.39 is 11.9 Å². The van der Waals surface area contributed by atoms with Gasteiger partial charge in [-0.1, -0.05) is 24.3 Å². The van der Waals surface area contributed by atoms with E-state index in [2.05, 4.69) is 5.32 Å². The highest BCUT2D eigenvalue weighted by Gasteiger charge is 2.07. The summed E-state index contributed by atoms with van der Waals surface area (Å²) in [6, 6.07) is 14.5. The van der Waals surface area contributed by atoms with Gasteiger partial charge in [-0.05, 0) is 54.8 Å². The minimum absolute atomic E-state index is 0.357. The summed E-state index contributed by atoms with van der Waals surface area (Å²) in [7, 11) is 0. The number of carbonyl (C=O) groups is 2. The number of amides is 1. The number of nitrogens with zero attached hydrogens (tertiary/aromatic N) is 1. The number of aryl methyl sites for hydroxylation is 2. The number of hydrogen-bond donors (Lipinski definition) is 1. The van der Waals surface area contributed by atoms with Gasteiger partial charge in [0.25, 0.3) is 5.91 Å². The molecule has 0 aliphatic carbocycles. The standard InChI is InChI=1S/C20H18N2O3/c1-14-3-4-15(2)18(11-14)22-19(23)13-25-20(24)10-9-16-5-7-17(12-21)8-6-16/h3-11H,13H2,1-2H3,(H,22,23)/b10-9+. The van der Waals surface area contributed by atoms with Crippen LogP contribution in [-0.2, 0) is 14.3 Å². The Balaban J connectivity index is 1.84. The SMILES string of the molecule is Cc1ccc(C)c(NC(=O)COC(=O)/C=C/c2ccc(C#N)cc2)c1. The number of hydrogen-bond acceptors (Lipinski definition) is 4. The number of anilines is 1. The molecule has 0 saturated heterocycles. The molecule has 0 aromatic heterocycles. The topological polar surface area (TPSA) is 79.2 Å². The highest BCUT2D eigenvalue weighted by atomic mass is 16.5. The van der Waals surface area contributed by atoms with E-state index in [1.165, 1.54) is 6.08 Å². The molecular formula is C20H18N2O3. The number of nitrogens with one attached hydrogen (secondary N) is 1. The maximum atomic E-state index is 11.9. The average Bonchev–Trinajstić information content (AvgIpc) is 2.61. The Hall–Kier alpha value is -3.39. The number of esters is 1. The lowest BCUT2D eigenvalue weighted by Crippen LogP contribution is -2.20. The van der Waals surface area contributed by atoms with E-state index >= 15 is 0 Å². The zero-order valence-corrected chi connectivity index (χ0v) is 14.1. The second kappa shape index (κ2) is 8.46. The average molecular weight is 334 g/mol. The molecule has 0 radical (unpaired) electrons. The van der Waals surface area contributed by atoms with Gasteiger partial charge in [0, 0.05) is 11.8 Å². The van der Waals surface area contributed by atoms with Crippen molar-refractivity contribution in [2.24, 2.45) is 0 Å². The molecule has 1 N–H and O–H groups in total. The molecule has 25 heavy (non-hydrogen) atoms. The molecule has 1 amide bonds. The maximum Gasteiger partial charge on any atom is 0.331 e. The molecule has 2 aromatic carbocycles. The molecule has 0 aliphatic heterocycles. The third-order valence-electron chi connectivity index (χ3n) is 3.46. The van der Waals surface area contributed by atoms with Crippen LogP contribution in [0.25, 0.3) is 6.08 Å². The first-order valence-corrected chi connectivity index (χ1v) is 7.70. The van der Waals surface area contributed by atoms with E-state index in [0.29, 0.717) is 11.3 Å². The molecule has 2 aromatic rings. The number of benzene rings is 2. The molecule has 126 valence electrons. The molecule has 5 nitrogen and oxygen atoms in total. The lowest BCUT2D eigenvalue weighted by Gasteiger charge is -2.09. The molecule has 0 spiro atoms. The van der Waals surface area contributed by atoms with Gasteiger partial charge < -0.3 is 10.1 Å². The van der Waals surface area contributed by atoms with Crippen LogP contribution in [0.1, 0.15) is 22.3 Å². The van der Waals surface area contributed by atoms with Crippen molar-refractivity contribution in [3.05, 3.63) is 70.8 Å². The fourth-order valence-corrected chi connectivity index (χ4v) is 2.07. The van der Waals surface area contributed by atoms with Crippen molar-refractivity contribution in [1.29, 1.82) is 5.26 Å². The number of ether oxygens (including phenoxy) is 1. The zero-order valence-electron chi connectivity index (χ0n) is 14.1. The second-order valence-electron chi connectivity index (χ2n) is 5.54. The predicted octanol–water partition coefficient (Wildman–Crippen LogP) is 3.37. The first-order chi connectivity index (χ1) is 12.0. The highest BCUT2D eigenvalue weighted by Crippen LogP contribution is 2.16. The number of nitriles is 1. The van der Waals surface area contributed by atoms with E-state index in [-0.39, 0.29) is 6.61 Å². The maximum absolute atomic E-state index is 11.9. The van der Waals surface area contributed by atoms with Crippen molar-refractivity contribution >= 4 is 23.6 Å². The van der Waals surface area contributed by atoms with Crippen LogP contribution in [0.5, 0.6) is 0 Å². The molecule has 0 unspecified atom stereocenters. The molecule has 2 rings (SSSR count). The molecule has 5 heteroatoms. The molecule has 0 fully saturated rings. The summed E-state index contributed by atoms with van der Waals surface area (Å²) in [6.45, 7) is 3.47. The Morgan fingerprint density at radius 3 is 2.56 bits per heavy atom. The number of rotatable bonds is 5. The van der Waals surface area contributed by atoms with E-state index in [1.54, 1.807) is 30.3 Å². The summed E-state index contributed by atoms with van der Waals surface area (Å²) in [4.78, 5) is 23.6. The smallest absolute Gasteiger partial charge is 0.331 e. The Morgan fingerprint density at radius 1 is 1.16 bits per heavy atom. The zero-order chi connectivity index (χ0) is 18.2. The normalized spacial score (nSPS) is 10.3. The quantitative estimate of drug-likeness (QED) is 0.671. The van der Waals surface area contributed by atoms with Crippen LogP contribution < -0.4 is 5.32 Å². The summed E-state index contributed by atoms with van der Waals surface area (Å²) >= 11 is 0. The molecule has 0 bridgehead atoms. The minimum atomic E-state index is -0.611. The Morgan fingerprint density at radius 2 is 1.88 bits per heavy atom. The van der Waals surface area contributed by atoms with Gasteiger partial charge in [0.2, 0.25) is 0 Å². The fraction of sp³-hybridized carbons (Fsp3) is 0.150. The summed E-state index contributed by atoms with van der Waals surface area (Å²) in [6.07, 6.45) is 2.80. The molecular weight excluding hydrogens is 316 g/mol. The number of carbonyl (C=O) groups excluding carboxylic acids is 2. The Kier molecular flexibility index (Phi) is 6.08. The van der Waals surface area contributed by atoms with E-state index in [1.807, 2.05) is 38.1 Å². The Labute approximate surface area is 146 Å². The molecule has 0 aliphatic rings. The largest absolute Gasteiger partial charge is 0.452 e. The summed E-state index contributed by atoms with van der Waals surface area (Å²) < 4.78 is 4.92. The first-order valence-electron chi connectivity index (χ1n) is 7.70. The van der Waals surface area contributed by atoms with E-state index in [4.69, 9.17) is 10.00 Å². The van der Waals surface area contributed by atoms with Gasteiger partial charge >= 0.3 is 5.97 Å². The van der Waals surface area contributed by atoms with Crippen LogP contribution in [0.2, 0.25) is 0 Å². The minimum Gasteiger partial charge on any atom is -0.452 e. The van der Waals surface area contributed by atoms with Gasteiger partial charge in [0.05, 0.1) is 11.6 Å². The van der Waals surface area contributed by atoms with Crippen molar-refractivity contribution in [1.82, 2.24) is 0 Å². The molecule has 0 atom stereocenters. The van der Waals surface area contributed by atoms with Gasteiger partial charge in [-0.3, -0.25) is 4.79 Å². The lowest BCUT2D eigenvalue weighted by atomic mass is 10.1. The molecule has 0 saturated carbocycles. The van der Waals surface area contributed by atoms with Crippen molar-refractivity contribution in [3.8, 4) is 6.07 Å². The van der Waals surface area contributed by atoms with Crippen LogP contribution in [0.15, 0.2) is 48.5 Å². The van der Waals surface area contributed by atoms with Crippen LogP contribution >= 0.6 is 0 Å². The second-order valence-corrected chi connectivity index (χ2v) is 5.54. The molecule has 0 heterocycles. The van der Waals surface area contributed by atoms with E-state index in [0.717, 1.165) is 16.7 Å². The van der Waals surface area contributed by atoms with Gasteiger partial charge in [0.1, 0.15) is 0 Å². The van der Waals surface area contributed by atoms with Crippen LogP contribution in [0, 0.1) is 25.2 Å². The highest BCUT2D eigenvalue weighted by molar-refractivity contribution is 5.95. The first kappa shape index (κ1) is 18.0. The fourth-order valence-electron chi connectivity index (χ4n) is 2.07. The summed E-state index contributed by atoms with van der Waals surface area (Å²) in [5.74, 6) is -1.01. The van der Waals surface area contributed by atoms with Crippen molar-refractivity contribution in [2.45, 2.75) is 13.8 Å². The van der Waals surface area contributed by atoms with Crippen molar-refractivity contribution < 1.29 is 14.3 Å². The lowest BCUT2D eigenvalue weighted by molar-refractivity contribution is -0.142. The van der Waals surface area contributed by atoms with Crippen LogP contribution in [0.4, 0.5) is 5.69 Å².